The van der Waals surface area contributed by atoms with Crippen molar-refractivity contribution in [2.75, 3.05) is 14.2 Å². The maximum absolute atomic E-state index is 8.84. The topological polar surface area (TPSA) is 55.1 Å². The summed E-state index contributed by atoms with van der Waals surface area (Å²) >= 11 is 0. The third-order valence-corrected chi connectivity index (χ3v) is 2.10. The van der Waals surface area contributed by atoms with Crippen LogP contribution in [0.5, 0.6) is 11.5 Å². The molecule has 0 saturated heterocycles. The molecule has 0 amide bonds. The molecule has 1 rings (SSSR count). The van der Waals surface area contributed by atoms with E-state index in [2.05, 4.69) is 4.98 Å². The van der Waals surface area contributed by atoms with Crippen LogP contribution in [0.15, 0.2) is 0 Å². The van der Waals surface area contributed by atoms with Crippen molar-refractivity contribution in [2.45, 2.75) is 13.8 Å². The fourth-order valence-corrected chi connectivity index (χ4v) is 1.26. The molecule has 0 bridgehead atoms. The first-order chi connectivity index (χ1) is 6.65. The smallest absolute Gasteiger partial charge is 0.197 e. The van der Waals surface area contributed by atoms with Crippen LogP contribution in [0.3, 0.4) is 0 Å². The first-order valence-corrected chi connectivity index (χ1v) is 4.15. The molecule has 0 N–H and O–H groups in total. The van der Waals surface area contributed by atoms with Crippen LogP contribution in [0.4, 0.5) is 0 Å². The molecular formula is C10H12N2O2. The molecule has 0 aromatic carbocycles. The first kappa shape index (κ1) is 10.3. The van der Waals surface area contributed by atoms with Crippen LogP contribution in [-0.4, -0.2) is 19.2 Å². The van der Waals surface area contributed by atoms with E-state index in [1.54, 1.807) is 7.11 Å². The number of hydrogen-bond acceptors (Lipinski definition) is 4. The number of nitriles is 1. The van der Waals surface area contributed by atoms with Gasteiger partial charge < -0.3 is 9.47 Å². The maximum atomic E-state index is 8.84. The summed E-state index contributed by atoms with van der Waals surface area (Å²) in [4.78, 5) is 4.10. The Morgan fingerprint density at radius 2 is 1.71 bits per heavy atom. The summed E-state index contributed by atoms with van der Waals surface area (Å²) in [6, 6.07) is 1.97. The highest BCUT2D eigenvalue weighted by Crippen LogP contribution is 2.33. The van der Waals surface area contributed by atoms with E-state index in [-0.39, 0.29) is 5.69 Å². The van der Waals surface area contributed by atoms with Gasteiger partial charge in [0.25, 0.3) is 0 Å². The highest BCUT2D eigenvalue weighted by molar-refractivity contribution is 5.54. The van der Waals surface area contributed by atoms with Gasteiger partial charge >= 0.3 is 0 Å². The molecule has 1 heterocycles. The zero-order valence-electron chi connectivity index (χ0n) is 8.71. The summed E-state index contributed by atoms with van der Waals surface area (Å²) in [6.45, 7) is 3.71. The van der Waals surface area contributed by atoms with Crippen molar-refractivity contribution in [3.8, 4) is 17.6 Å². The summed E-state index contributed by atoms with van der Waals surface area (Å²) in [5.41, 5.74) is 1.93. The molecule has 0 aliphatic carbocycles. The summed E-state index contributed by atoms with van der Waals surface area (Å²) < 4.78 is 10.3. The molecule has 1 aromatic heterocycles. The second-order valence-electron chi connectivity index (χ2n) is 2.85. The summed E-state index contributed by atoms with van der Waals surface area (Å²) in [5, 5.41) is 8.84. The minimum absolute atomic E-state index is 0.257. The van der Waals surface area contributed by atoms with Crippen molar-refractivity contribution in [1.82, 2.24) is 4.98 Å². The number of methoxy groups -OCH3 is 2. The van der Waals surface area contributed by atoms with Crippen molar-refractivity contribution >= 4 is 0 Å². The second-order valence-corrected chi connectivity index (χ2v) is 2.85. The van der Waals surface area contributed by atoms with E-state index in [9.17, 15) is 0 Å². The molecule has 74 valence electrons. The van der Waals surface area contributed by atoms with Crippen LogP contribution in [0.2, 0.25) is 0 Å². The van der Waals surface area contributed by atoms with Crippen LogP contribution < -0.4 is 9.47 Å². The van der Waals surface area contributed by atoms with Gasteiger partial charge in [-0.1, -0.05) is 0 Å². The van der Waals surface area contributed by atoms with Gasteiger partial charge in [-0.3, -0.25) is 0 Å². The van der Waals surface area contributed by atoms with E-state index in [0.29, 0.717) is 11.5 Å². The normalized spacial score (nSPS) is 9.36. The average molecular weight is 192 g/mol. The standard InChI is InChI=1S/C10H12N2O2/c1-6-7(2)12-8(5-11)10(14-4)9(6)13-3/h1-4H3. The SMILES string of the molecule is COc1c(C#N)nc(C)c(C)c1OC. The lowest BCUT2D eigenvalue weighted by atomic mass is 10.1. The summed E-state index contributed by atoms with van der Waals surface area (Å²) in [7, 11) is 3.04. The number of aryl methyl sites for hydroxylation is 1. The van der Waals surface area contributed by atoms with Crippen molar-refractivity contribution in [1.29, 1.82) is 5.26 Å². The molecule has 0 radical (unpaired) electrons. The van der Waals surface area contributed by atoms with Gasteiger partial charge in [-0.2, -0.15) is 5.26 Å². The fourth-order valence-electron chi connectivity index (χ4n) is 1.26. The molecule has 4 nitrogen and oxygen atoms in total. The van der Waals surface area contributed by atoms with Crippen LogP contribution >= 0.6 is 0 Å². The number of pyridine rings is 1. The number of nitrogens with zero attached hydrogens (tertiary/aromatic N) is 2. The van der Waals surface area contributed by atoms with Gasteiger partial charge in [0, 0.05) is 11.3 Å². The molecule has 0 aliphatic rings. The Kier molecular flexibility index (Phi) is 2.92. The van der Waals surface area contributed by atoms with Gasteiger partial charge in [-0.05, 0) is 13.8 Å². The quantitative estimate of drug-likeness (QED) is 0.714. The predicted molar refractivity (Wildman–Crippen MR) is 51.5 cm³/mol. The summed E-state index contributed by atoms with van der Waals surface area (Å²) in [5.74, 6) is 0.981. The van der Waals surface area contributed by atoms with Gasteiger partial charge in [0.1, 0.15) is 6.07 Å². The molecule has 0 saturated carbocycles. The number of ether oxygens (including phenoxy) is 2. The lowest BCUT2D eigenvalue weighted by molar-refractivity contribution is 0.349. The van der Waals surface area contributed by atoms with Gasteiger partial charge in [-0.15, -0.1) is 0 Å². The molecule has 0 aliphatic heterocycles. The second kappa shape index (κ2) is 3.97. The van der Waals surface area contributed by atoms with E-state index >= 15 is 0 Å². The Morgan fingerprint density at radius 3 is 2.14 bits per heavy atom. The van der Waals surface area contributed by atoms with Gasteiger partial charge in [0.2, 0.25) is 0 Å². The molecule has 1 aromatic rings. The van der Waals surface area contributed by atoms with Crippen LogP contribution in [0.25, 0.3) is 0 Å². The first-order valence-electron chi connectivity index (χ1n) is 4.15. The minimum atomic E-state index is 0.257. The maximum Gasteiger partial charge on any atom is 0.197 e. The fraction of sp³-hybridized carbons (Fsp3) is 0.400. The Balaban J connectivity index is 3.52. The van der Waals surface area contributed by atoms with Gasteiger partial charge in [0.05, 0.1) is 14.2 Å². The molecule has 0 fully saturated rings. The Labute approximate surface area is 83.1 Å². The van der Waals surface area contributed by atoms with Crippen LogP contribution in [0, 0.1) is 25.2 Å². The van der Waals surface area contributed by atoms with Crippen molar-refractivity contribution in [3.05, 3.63) is 17.0 Å². The third-order valence-electron chi connectivity index (χ3n) is 2.10. The largest absolute Gasteiger partial charge is 0.492 e. The van der Waals surface area contributed by atoms with Crippen molar-refractivity contribution in [2.24, 2.45) is 0 Å². The monoisotopic (exact) mass is 192 g/mol. The third kappa shape index (κ3) is 1.49. The number of aromatic nitrogens is 1. The summed E-state index contributed by atoms with van der Waals surface area (Å²) in [6.07, 6.45) is 0. The molecule has 14 heavy (non-hydrogen) atoms. The lowest BCUT2D eigenvalue weighted by Crippen LogP contribution is -2.01. The Morgan fingerprint density at radius 1 is 1.14 bits per heavy atom. The lowest BCUT2D eigenvalue weighted by Gasteiger charge is -2.12. The molecule has 0 unspecified atom stereocenters. The van der Waals surface area contributed by atoms with Crippen LogP contribution in [0.1, 0.15) is 17.0 Å². The molecular weight excluding hydrogens is 180 g/mol. The van der Waals surface area contributed by atoms with E-state index in [4.69, 9.17) is 14.7 Å². The predicted octanol–water partition coefficient (Wildman–Crippen LogP) is 1.59. The van der Waals surface area contributed by atoms with Crippen molar-refractivity contribution < 1.29 is 9.47 Å². The van der Waals surface area contributed by atoms with E-state index in [1.165, 1.54) is 7.11 Å². The molecule has 0 atom stereocenters. The number of rotatable bonds is 2. The van der Waals surface area contributed by atoms with Crippen molar-refractivity contribution in [3.63, 3.8) is 0 Å². The zero-order valence-corrected chi connectivity index (χ0v) is 8.71. The van der Waals surface area contributed by atoms with Gasteiger partial charge in [-0.25, -0.2) is 4.98 Å². The highest BCUT2D eigenvalue weighted by atomic mass is 16.5. The molecule has 4 heteroatoms. The zero-order chi connectivity index (χ0) is 10.7. The van der Waals surface area contributed by atoms with E-state index < -0.39 is 0 Å². The van der Waals surface area contributed by atoms with Crippen LogP contribution in [-0.2, 0) is 0 Å². The van der Waals surface area contributed by atoms with Gasteiger partial charge in [0.15, 0.2) is 17.2 Å². The van der Waals surface area contributed by atoms with E-state index in [1.807, 2.05) is 19.9 Å². The minimum Gasteiger partial charge on any atom is -0.492 e. The molecule has 0 spiro atoms. The Bertz CT molecular complexity index is 394. The highest BCUT2D eigenvalue weighted by Gasteiger charge is 2.16. The Hall–Kier alpha value is -1.76. The number of hydrogen-bond donors (Lipinski definition) is 0. The van der Waals surface area contributed by atoms with E-state index in [0.717, 1.165) is 11.3 Å². The average Bonchev–Trinajstić information content (AvgIpc) is 2.20.